The minimum atomic E-state index is -1.15. The van der Waals surface area contributed by atoms with Crippen LogP contribution in [-0.4, -0.2) is 93.9 Å². The number of phenols is 1. The van der Waals surface area contributed by atoms with E-state index in [-0.39, 0.29) is 44.0 Å². The number of aliphatic carboxylic acids is 1. The number of carbonyl (C=O) groups is 5. The monoisotopic (exact) mass is 663 g/mol. The maximum absolute atomic E-state index is 13.8. The average molecular weight is 664 g/mol. The number of nitrogens with two attached hydrogens (primary N) is 1. The van der Waals surface area contributed by atoms with Crippen molar-refractivity contribution in [2.45, 2.75) is 76.9 Å². The summed E-state index contributed by atoms with van der Waals surface area (Å²) in [5.74, 6) is -3.09. The summed E-state index contributed by atoms with van der Waals surface area (Å²) in [4.78, 5) is 68.8. The quantitative estimate of drug-likeness (QED) is 0.227. The van der Waals surface area contributed by atoms with Gasteiger partial charge in [-0.2, -0.15) is 0 Å². The molecule has 1 heterocycles. The predicted molar refractivity (Wildman–Crippen MR) is 182 cm³/mol. The van der Waals surface area contributed by atoms with Crippen molar-refractivity contribution >= 4 is 29.6 Å². The Balaban J connectivity index is 1.81. The molecule has 48 heavy (non-hydrogen) atoms. The number of carboxylic acids is 1. The lowest BCUT2D eigenvalue weighted by molar-refractivity contribution is -0.145. The first kappa shape index (κ1) is 37.7. The van der Waals surface area contributed by atoms with Gasteiger partial charge in [0.1, 0.15) is 17.8 Å². The second-order valence-corrected chi connectivity index (χ2v) is 12.6. The maximum Gasteiger partial charge on any atom is 0.326 e. The number of hydrogen-bond acceptors (Lipinski definition) is 7. The number of nitrogens with one attached hydrogen (secondary N) is 2. The summed E-state index contributed by atoms with van der Waals surface area (Å²) in [6.07, 6.45) is 7.00. The standard InChI is InChI=1S/C36H49N5O7/c1-25(2)20-30(36(47)48)39-34(45)31(22-26-12-8-7-9-13-26)41-19-11-6-4-3-5-10-18-40(24-32(43)38-23-33(41)44)35(46)29(37)21-27-14-16-28(42)17-15-27/h3-4,7-9,12-17,25,29-31,42H,5-6,10-11,18-24,37H2,1-2H3,(H,38,43)(H,39,45)(H,47,48)/b4-3+/t29-,30-,31-/m0/s1. The predicted octanol–water partition coefficient (Wildman–Crippen LogP) is 2.39. The highest BCUT2D eigenvalue weighted by Crippen LogP contribution is 2.15. The third-order valence-electron chi connectivity index (χ3n) is 8.12. The van der Waals surface area contributed by atoms with Gasteiger partial charge in [-0.1, -0.05) is 68.5 Å². The fraction of sp³-hybridized carbons (Fsp3) is 0.472. The number of benzene rings is 2. The van der Waals surface area contributed by atoms with E-state index in [9.17, 15) is 34.2 Å². The number of hydrogen-bond donors (Lipinski definition) is 5. The van der Waals surface area contributed by atoms with Gasteiger partial charge < -0.3 is 36.4 Å². The molecule has 0 spiro atoms. The molecular formula is C36H49N5O7. The van der Waals surface area contributed by atoms with Crippen molar-refractivity contribution in [3.8, 4) is 5.75 Å². The Bertz CT molecular complexity index is 1400. The van der Waals surface area contributed by atoms with Crippen LogP contribution in [0.5, 0.6) is 5.75 Å². The van der Waals surface area contributed by atoms with E-state index in [4.69, 9.17) is 5.73 Å². The van der Waals surface area contributed by atoms with Crippen molar-refractivity contribution in [2.75, 3.05) is 26.2 Å². The molecule has 12 nitrogen and oxygen atoms in total. The molecule has 3 rings (SSSR count). The lowest BCUT2D eigenvalue weighted by Crippen LogP contribution is -2.56. The first-order valence-corrected chi connectivity index (χ1v) is 16.5. The van der Waals surface area contributed by atoms with Gasteiger partial charge in [-0.3, -0.25) is 19.2 Å². The van der Waals surface area contributed by atoms with Crippen molar-refractivity contribution in [1.29, 1.82) is 0 Å². The second-order valence-electron chi connectivity index (χ2n) is 12.6. The normalized spacial score (nSPS) is 17.8. The molecule has 12 heteroatoms. The SMILES string of the molecule is CC(C)C[C@H](NC(=O)[C@H](Cc1ccccc1)N1CCC/C=C/CCCN(C(=O)[C@@H](N)Cc2ccc(O)cc2)CC(=O)NCC1=O)C(=O)O. The number of rotatable bonds is 11. The molecule has 260 valence electrons. The van der Waals surface area contributed by atoms with Gasteiger partial charge in [-0.25, -0.2) is 4.79 Å². The van der Waals surface area contributed by atoms with Gasteiger partial charge in [-0.05, 0) is 67.7 Å². The lowest BCUT2D eigenvalue weighted by Gasteiger charge is -2.32. The summed E-state index contributed by atoms with van der Waals surface area (Å²) in [6, 6.07) is 12.5. The number of phenolic OH excluding ortho intramolecular Hbond substituents is 1. The third kappa shape index (κ3) is 12.5. The molecule has 2 aromatic rings. The van der Waals surface area contributed by atoms with Crippen molar-refractivity contribution in [2.24, 2.45) is 11.7 Å². The van der Waals surface area contributed by atoms with Crippen molar-refractivity contribution in [3.05, 3.63) is 77.9 Å². The van der Waals surface area contributed by atoms with E-state index in [1.165, 1.54) is 21.9 Å². The van der Waals surface area contributed by atoms with Crippen LogP contribution >= 0.6 is 0 Å². The van der Waals surface area contributed by atoms with Crippen LogP contribution in [-0.2, 0) is 36.8 Å². The zero-order valence-corrected chi connectivity index (χ0v) is 27.8. The largest absolute Gasteiger partial charge is 0.508 e. The highest BCUT2D eigenvalue weighted by molar-refractivity contribution is 5.93. The molecule has 0 saturated heterocycles. The molecule has 0 aliphatic carbocycles. The second kappa shape index (κ2) is 19.2. The van der Waals surface area contributed by atoms with E-state index < -0.39 is 54.3 Å². The van der Waals surface area contributed by atoms with Crippen molar-refractivity contribution < 1.29 is 34.2 Å². The number of nitrogens with zero attached hydrogens (tertiary/aromatic N) is 2. The van der Waals surface area contributed by atoms with Crippen LogP contribution in [0.25, 0.3) is 0 Å². The number of aromatic hydroxyl groups is 1. The molecule has 2 aromatic carbocycles. The van der Waals surface area contributed by atoms with Crippen LogP contribution in [0.15, 0.2) is 66.7 Å². The Morgan fingerprint density at radius 3 is 2.17 bits per heavy atom. The van der Waals surface area contributed by atoms with E-state index >= 15 is 0 Å². The van der Waals surface area contributed by atoms with Crippen LogP contribution in [0.3, 0.4) is 0 Å². The molecule has 3 atom stereocenters. The first-order chi connectivity index (χ1) is 22.9. The Morgan fingerprint density at radius 1 is 0.917 bits per heavy atom. The van der Waals surface area contributed by atoms with E-state index in [1.807, 2.05) is 56.3 Å². The molecule has 0 saturated carbocycles. The van der Waals surface area contributed by atoms with E-state index in [0.717, 1.165) is 11.1 Å². The number of amides is 4. The Hall–Kier alpha value is -4.71. The van der Waals surface area contributed by atoms with E-state index in [1.54, 1.807) is 12.1 Å². The molecule has 0 unspecified atom stereocenters. The third-order valence-corrected chi connectivity index (χ3v) is 8.12. The van der Waals surface area contributed by atoms with Gasteiger partial charge in [0.25, 0.3) is 0 Å². The van der Waals surface area contributed by atoms with Gasteiger partial charge in [-0.15, -0.1) is 0 Å². The highest BCUT2D eigenvalue weighted by atomic mass is 16.4. The summed E-state index contributed by atoms with van der Waals surface area (Å²) in [7, 11) is 0. The summed E-state index contributed by atoms with van der Waals surface area (Å²) in [5.41, 5.74) is 7.81. The van der Waals surface area contributed by atoms with Crippen molar-refractivity contribution in [1.82, 2.24) is 20.4 Å². The van der Waals surface area contributed by atoms with Gasteiger partial charge in [0.05, 0.1) is 19.1 Å². The van der Waals surface area contributed by atoms with Crippen LogP contribution < -0.4 is 16.4 Å². The Morgan fingerprint density at radius 2 is 1.54 bits per heavy atom. The minimum absolute atomic E-state index is 0.00940. The summed E-state index contributed by atoms with van der Waals surface area (Å²) in [5, 5.41) is 24.6. The highest BCUT2D eigenvalue weighted by Gasteiger charge is 2.33. The molecule has 1 aliphatic heterocycles. The zero-order valence-electron chi connectivity index (χ0n) is 27.8. The minimum Gasteiger partial charge on any atom is -0.508 e. The molecule has 0 fully saturated rings. The molecule has 1 aliphatic rings. The summed E-state index contributed by atoms with van der Waals surface area (Å²) in [6.45, 7) is 3.52. The number of carboxylic acid groups (broad SMARTS) is 1. The fourth-order valence-corrected chi connectivity index (χ4v) is 5.59. The van der Waals surface area contributed by atoms with Crippen LogP contribution in [0, 0.1) is 5.92 Å². The van der Waals surface area contributed by atoms with E-state index in [2.05, 4.69) is 10.6 Å². The maximum atomic E-state index is 13.8. The summed E-state index contributed by atoms with van der Waals surface area (Å²) < 4.78 is 0. The zero-order chi connectivity index (χ0) is 35.1. The lowest BCUT2D eigenvalue weighted by atomic mass is 10.0. The molecule has 0 aromatic heterocycles. The fourth-order valence-electron chi connectivity index (χ4n) is 5.59. The van der Waals surface area contributed by atoms with Crippen LogP contribution in [0.1, 0.15) is 57.1 Å². The van der Waals surface area contributed by atoms with Crippen LogP contribution in [0.4, 0.5) is 0 Å². The molecule has 0 bridgehead atoms. The van der Waals surface area contributed by atoms with Gasteiger partial charge in [0.2, 0.25) is 23.6 Å². The van der Waals surface area contributed by atoms with Gasteiger partial charge in [0.15, 0.2) is 0 Å². The molecule has 4 amide bonds. The first-order valence-electron chi connectivity index (χ1n) is 16.5. The van der Waals surface area contributed by atoms with Gasteiger partial charge in [0, 0.05) is 19.5 Å². The topological polar surface area (TPSA) is 182 Å². The number of carbonyl (C=O) groups excluding carboxylic acids is 4. The Kier molecular flexibility index (Phi) is 15.1. The molecule has 6 N–H and O–H groups in total. The average Bonchev–Trinajstić information content (AvgIpc) is 3.05. The van der Waals surface area contributed by atoms with Crippen LogP contribution in [0.2, 0.25) is 0 Å². The van der Waals surface area contributed by atoms with Gasteiger partial charge >= 0.3 is 5.97 Å². The summed E-state index contributed by atoms with van der Waals surface area (Å²) >= 11 is 0. The smallest absolute Gasteiger partial charge is 0.326 e. The van der Waals surface area contributed by atoms with Crippen molar-refractivity contribution in [3.63, 3.8) is 0 Å². The Labute approximate surface area is 282 Å². The number of allylic oxidation sites excluding steroid dienone is 2. The molecule has 0 radical (unpaired) electrons. The van der Waals surface area contributed by atoms with E-state index in [0.29, 0.717) is 32.2 Å². The molecular weight excluding hydrogens is 614 g/mol.